The molecule has 0 spiro atoms. The van der Waals surface area contributed by atoms with Crippen LogP contribution in [0.1, 0.15) is 23.2 Å². The van der Waals surface area contributed by atoms with Crippen LogP contribution in [0.15, 0.2) is 30.3 Å². The van der Waals surface area contributed by atoms with E-state index in [1.54, 1.807) is 11.6 Å². The molecule has 24 heavy (non-hydrogen) atoms. The lowest BCUT2D eigenvalue weighted by Gasteiger charge is -2.05. The van der Waals surface area contributed by atoms with Crippen LogP contribution in [0.4, 0.5) is 0 Å². The van der Waals surface area contributed by atoms with E-state index in [2.05, 4.69) is 10.4 Å². The van der Waals surface area contributed by atoms with E-state index >= 15 is 0 Å². The number of nitrogens with zero attached hydrogens (tertiary/aromatic N) is 2. The molecule has 6 nitrogen and oxygen atoms in total. The molecule has 130 valence electrons. The van der Waals surface area contributed by atoms with Crippen LogP contribution in [-0.4, -0.2) is 36.9 Å². The van der Waals surface area contributed by atoms with Gasteiger partial charge < -0.3 is 5.32 Å². The van der Waals surface area contributed by atoms with Crippen molar-refractivity contribution in [3.63, 3.8) is 0 Å². The minimum atomic E-state index is -3.44. The molecule has 0 saturated carbocycles. The number of sulfone groups is 1. The van der Waals surface area contributed by atoms with Crippen molar-refractivity contribution >= 4 is 27.3 Å². The second-order valence-corrected chi connectivity index (χ2v) is 8.06. The molecule has 0 aliphatic rings. The topological polar surface area (TPSA) is 81.1 Å². The molecule has 0 aliphatic carbocycles. The van der Waals surface area contributed by atoms with Gasteiger partial charge >= 0.3 is 0 Å². The van der Waals surface area contributed by atoms with Gasteiger partial charge in [0.05, 0.1) is 23.7 Å². The van der Waals surface area contributed by atoms with Gasteiger partial charge in [0.1, 0.15) is 5.15 Å². The largest absolute Gasteiger partial charge is 0.359 e. The van der Waals surface area contributed by atoms with Gasteiger partial charge in [-0.05, 0) is 12.5 Å². The first kappa shape index (κ1) is 18.5. The fourth-order valence-electron chi connectivity index (χ4n) is 2.28. The lowest BCUT2D eigenvalue weighted by molar-refractivity contribution is -0.120. The average molecular weight is 370 g/mol. The summed E-state index contributed by atoms with van der Waals surface area (Å²) in [7, 11) is -1.97. The van der Waals surface area contributed by atoms with Crippen LogP contribution in [0.25, 0.3) is 0 Å². The number of amides is 1. The quantitative estimate of drug-likeness (QED) is 0.808. The van der Waals surface area contributed by atoms with E-state index in [0.717, 1.165) is 5.56 Å². The highest BCUT2D eigenvalue weighted by molar-refractivity contribution is 7.90. The van der Waals surface area contributed by atoms with Crippen molar-refractivity contribution in [2.24, 2.45) is 0 Å². The van der Waals surface area contributed by atoms with Crippen molar-refractivity contribution in [2.75, 3.05) is 12.8 Å². The van der Waals surface area contributed by atoms with Crippen LogP contribution in [0.2, 0.25) is 5.15 Å². The molecule has 2 rings (SSSR count). The van der Waals surface area contributed by atoms with E-state index in [4.69, 9.17) is 11.6 Å². The fourth-order valence-corrected chi connectivity index (χ4v) is 4.09. The maximum absolute atomic E-state index is 12.2. The number of nitrogens with one attached hydrogen (secondary N) is 1. The lowest BCUT2D eigenvalue weighted by atomic mass is 10.2. The van der Waals surface area contributed by atoms with E-state index < -0.39 is 9.84 Å². The summed E-state index contributed by atoms with van der Waals surface area (Å²) in [5.41, 5.74) is 2.10. The Balaban J connectivity index is 2.15. The summed E-state index contributed by atoms with van der Waals surface area (Å²) in [6, 6.07) is 9.66. The number of halogens is 1. The van der Waals surface area contributed by atoms with E-state index in [9.17, 15) is 13.2 Å². The summed E-state index contributed by atoms with van der Waals surface area (Å²) in [5, 5.41) is 7.07. The molecule has 0 saturated heterocycles. The Bertz CT molecular complexity index is 817. The first-order chi connectivity index (χ1) is 11.3. The van der Waals surface area contributed by atoms with Crippen LogP contribution >= 0.6 is 11.6 Å². The average Bonchev–Trinajstić information content (AvgIpc) is 2.81. The molecule has 1 aromatic carbocycles. The Morgan fingerprint density at radius 1 is 1.29 bits per heavy atom. The molecule has 0 unspecified atom stereocenters. The molecule has 2 aromatic rings. The number of carbonyl (C=O) groups is 1. The third-order valence-corrected chi connectivity index (χ3v) is 5.62. The Kier molecular flexibility index (Phi) is 6.01. The minimum absolute atomic E-state index is 0.0619. The molecular weight excluding hydrogens is 350 g/mol. The third-order valence-electron chi connectivity index (χ3n) is 3.64. The number of rotatable bonds is 7. The second kappa shape index (κ2) is 7.81. The monoisotopic (exact) mass is 369 g/mol. The Labute approximate surface area is 146 Å². The summed E-state index contributed by atoms with van der Waals surface area (Å²) < 4.78 is 26.0. The van der Waals surface area contributed by atoms with E-state index in [-0.39, 0.29) is 23.8 Å². The number of hydrogen-bond donors (Lipinski definition) is 1. The molecule has 0 radical (unpaired) electrons. The van der Waals surface area contributed by atoms with Gasteiger partial charge in [0.2, 0.25) is 5.91 Å². The van der Waals surface area contributed by atoms with Crippen LogP contribution < -0.4 is 5.32 Å². The van der Waals surface area contributed by atoms with Crippen molar-refractivity contribution in [1.82, 2.24) is 15.1 Å². The van der Waals surface area contributed by atoms with Gasteiger partial charge in [0, 0.05) is 19.0 Å². The highest BCUT2D eigenvalue weighted by atomic mass is 35.5. The number of aryl methyl sites for hydroxylation is 1. The number of benzene rings is 1. The van der Waals surface area contributed by atoms with Gasteiger partial charge in [0.25, 0.3) is 0 Å². The molecule has 1 N–H and O–H groups in total. The standard InChI is InChI=1S/C16H20ClN3O3S/c1-12-14(11-24(22,23)9-8-15(21)18-2)16(17)20(19-12)10-13-6-4-3-5-7-13/h3-7H,8-11H2,1-2H3,(H,18,21). The number of aromatic nitrogens is 2. The van der Waals surface area contributed by atoms with Crippen molar-refractivity contribution in [1.29, 1.82) is 0 Å². The van der Waals surface area contributed by atoms with Crippen LogP contribution in [-0.2, 0) is 26.9 Å². The summed E-state index contributed by atoms with van der Waals surface area (Å²) in [6.07, 6.45) is -0.0619. The molecular formula is C16H20ClN3O3S. The summed E-state index contributed by atoms with van der Waals surface area (Å²) in [4.78, 5) is 11.2. The molecule has 1 amide bonds. The maximum Gasteiger partial charge on any atom is 0.220 e. The molecule has 8 heteroatoms. The van der Waals surface area contributed by atoms with Crippen molar-refractivity contribution in [2.45, 2.75) is 25.6 Å². The SMILES string of the molecule is CNC(=O)CCS(=O)(=O)Cc1c(C)nn(Cc2ccccc2)c1Cl. The lowest BCUT2D eigenvalue weighted by Crippen LogP contribution is -2.22. The Morgan fingerprint density at radius 2 is 1.96 bits per heavy atom. The maximum atomic E-state index is 12.2. The molecule has 0 aliphatic heterocycles. The van der Waals surface area contributed by atoms with Crippen molar-refractivity contribution in [3.8, 4) is 0 Å². The smallest absolute Gasteiger partial charge is 0.220 e. The van der Waals surface area contributed by atoms with Gasteiger partial charge in [0.15, 0.2) is 9.84 Å². The molecule has 0 bridgehead atoms. The minimum Gasteiger partial charge on any atom is -0.359 e. The zero-order valence-corrected chi connectivity index (χ0v) is 15.2. The van der Waals surface area contributed by atoms with Crippen LogP contribution in [0, 0.1) is 6.92 Å². The van der Waals surface area contributed by atoms with Crippen molar-refractivity contribution < 1.29 is 13.2 Å². The highest BCUT2D eigenvalue weighted by Crippen LogP contribution is 2.23. The first-order valence-electron chi connectivity index (χ1n) is 7.49. The second-order valence-electron chi connectivity index (χ2n) is 5.51. The Morgan fingerprint density at radius 3 is 2.58 bits per heavy atom. The van der Waals surface area contributed by atoms with Crippen molar-refractivity contribution in [3.05, 3.63) is 52.3 Å². The zero-order chi connectivity index (χ0) is 17.7. The first-order valence-corrected chi connectivity index (χ1v) is 9.69. The third kappa shape index (κ3) is 4.82. The summed E-state index contributed by atoms with van der Waals surface area (Å²) >= 11 is 6.33. The highest BCUT2D eigenvalue weighted by Gasteiger charge is 2.21. The van der Waals surface area contributed by atoms with E-state index in [1.807, 2.05) is 30.3 Å². The van der Waals surface area contributed by atoms with Crippen LogP contribution in [0.3, 0.4) is 0 Å². The van der Waals surface area contributed by atoms with Gasteiger partial charge in [-0.1, -0.05) is 41.9 Å². The normalized spacial score (nSPS) is 11.5. The zero-order valence-electron chi connectivity index (χ0n) is 13.6. The predicted octanol–water partition coefficient (Wildman–Crippen LogP) is 1.94. The van der Waals surface area contributed by atoms with Crippen LogP contribution in [0.5, 0.6) is 0 Å². The van der Waals surface area contributed by atoms with Gasteiger partial charge in [-0.25, -0.2) is 13.1 Å². The summed E-state index contributed by atoms with van der Waals surface area (Å²) in [6.45, 7) is 2.20. The predicted molar refractivity (Wildman–Crippen MR) is 93.7 cm³/mol. The summed E-state index contributed by atoms with van der Waals surface area (Å²) in [5.74, 6) is -0.739. The number of carbonyl (C=O) groups excluding carboxylic acids is 1. The molecule has 1 heterocycles. The fraction of sp³-hybridized carbons (Fsp3) is 0.375. The van der Waals surface area contributed by atoms with E-state index in [0.29, 0.717) is 23.0 Å². The molecule has 0 atom stereocenters. The van der Waals surface area contributed by atoms with E-state index in [1.165, 1.54) is 7.05 Å². The van der Waals surface area contributed by atoms with Gasteiger partial charge in [-0.15, -0.1) is 0 Å². The molecule has 0 fully saturated rings. The molecule has 1 aromatic heterocycles. The van der Waals surface area contributed by atoms with Gasteiger partial charge in [-0.3, -0.25) is 4.79 Å². The Hall–Kier alpha value is -1.86. The number of hydrogen-bond acceptors (Lipinski definition) is 4. The van der Waals surface area contributed by atoms with Gasteiger partial charge in [-0.2, -0.15) is 5.10 Å².